The SMILES string of the molecule is O=C(O)Cc1cc([N+](=O)[O-])ccc1Sc1ccccc1. The molecule has 0 spiro atoms. The molecule has 0 heterocycles. The molecule has 2 aromatic rings. The molecular formula is C14H11NO4S. The van der Waals surface area contributed by atoms with Crippen LogP contribution in [0.1, 0.15) is 5.56 Å². The summed E-state index contributed by atoms with van der Waals surface area (Å²) in [6.07, 6.45) is -0.239. The summed E-state index contributed by atoms with van der Waals surface area (Å²) in [5, 5.41) is 19.7. The summed E-state index contributed by atoms with van der Waals surface area (Å²) in [7, 11) is 0. The summed E-state index contributed by atoms with van der Waals surface area (Å²) in [5.41, 5.74) is 0.346. The van der Waals surface area contributed by atoms with Crippen molar-refractivity contribution in [1.82, 2.24) is 0 Å². The van der Waals surface area contributed by atoms with Gasteiger partial charge < -0.3 is 5.11 Å². The van der Waals surface area contributed by atoms with Gasteiger partial charge in [0.05, 0.1) is 11.3 Å². The Morgan fingerprint density at radius 1 is 1.20 bits per heavy atom. The summed E-state index contributed by atoms with van der Waals surface area (Å²) < 4.78 is 0. The highest BCUT2D eigenvalue weighted by Crippen LogP contribution is 2.32. The standard InChI is InChI=1S/C14H11NO4S/c16-14(17)9-10-8-11(15(18)19)6-7-13(10)20-12-4-2-1-3-5-12/h1-8H,9H2,(H,16,17). The Balaban J connectivity index is 2.36. The van der Waals surface area contributed by atoms with Gasteiger partial charge in [0.25, 0.3) is 5.69 Å². The zero-order chi connectivity index (χ0) is 14.5. The number of nitro groups is 1. The van der Waals surface area contributed by atoms with E-state index in [4.69, 9.17) is 5.11 Å². The third-order valence-corrected chi connectivity index (χ3v) is 3.69. The summed E-state index contributed by atoms with van der Waals surface area (Å²) in [5.74, 6) is -1.01. The average molecular weight is 289 g/mol. The molecule has 2 rings (SSSR count). The second-order valence-electron chi connectivity index (χ2n) is 4.03. The second kappa shape index (κ2) is 6.21. The minimum absolute atomic E-state index is 0.0985. The zero-order valence-corrected chi connectivity index (χ0v) is 11.2. The first kappa shape index (κ1) is 14.1. The third-order valence-electron chi connectivity index (χ3n) is 2.57. The van der Waals surface area contributed by atoms with Crippen LogP contribution in [0.5, 0.6) is 0 Å². The molecule has 0 bridgehead atoms. The molecular weight excluding hydrogens is 278 g/mol. The van der Waals surface area contributed by atoms with Crippen molar-refractivity contribution in [2.75, 3.05) is 0 Å². The van der Waals surface area contributed by atoms with E-state index in [1.165, 1.54) is 23.9 Å². The van der Waals surface area contributed by atoms with Gasteiger partial charge in [-0.3, -0.25) is 14.9 Å². The van der Waals surface area contributed by atoms with E-state index in [1.807, 2.05) is 30.3 Å². The number of non-ortho nitro benzene ring substituents is 1. The minimum Gasteiger partial charge on any atom is -0.481 e. The van der Waals surface area contributed by atoms with Gasteiger partial charge in [0.2, 0.25) is 0 Å². The fourth-order valence-corrected chi connectivity index (χ4v) is 2.64. The Kier molecular flexibility index (Phi) is 4.37. The molecule has 1 N–H and O–H groups in total. The van der Waals surface area contributed by atoms with Crippen molar-refractivity contribution in [2.45, 2.75) is 16.2 Å². The molecule has 102 valence electrons. The fourth-order valence-electron chi connectivity index (χ4n) is 1.70. The molecule has 0 aromatic heterocycles. The summed E-state index contributed by atoms with van der Waals surface area (Å²) in [4.78, 5) is 22.8. The van der Waals surface area contributed by atoms with Gasteiger partial charge in [0.15, 0.2) is 0 Å². The predicted molar refractivity (Wildman–Crippen MR) is 75.0 cm³/mol. The Labute approximate surface area is 119 Å². The summed E-state index contributed by atoms with van der Waals surface area (Å²) in [6.45, 7) is 0. The largest absolute Gasteiger partial charge is 0.481 e. The maximum atomic E-state index is 10.9. The highest BCUT2D eigenvalue weighted by molar-refractivity contribution is 7.99. The van der Waals surface area contributed by atoms with Gasteiger partial charge >= 0.3 is 5.97 Å². The van der Waals surface area contributed by atoms with Gasteiger partial charge in [-0.15, -0.1) is 0 Å². The van der Waals surface area contributed by atoms with Gasteiger partial charge in [0, 0.05) is 21.9 Å². The van der Waals surface area contributed by atoms with Crippen LogP contribution in [-0.2, 0) is 11.2 Å². The number of aliphatic carboxylic acids is 1. The highest BCUT2D eigenvalue weighted by atomic mass is 32.2. The molecule has 0 radical (unpaired) electrons. The van der Waals surface area contributed by atoms with Crippen molar-refractivity contribution < 1.29 is 14.8 Å². The molecule has 0 fully saturated rings. The van der Waals surface area contributed by atoms with Gasteiger partial charge in [0.1, 0.15) is 0 Å². The van der Waals surface area contributed by atoms with Crippen LogP contribution in [0.2, 0.25) is 0 Å². The number of carboxylic acid groups (broad SMARTS) is 1. The second-order valence-corrected chi connectivity index (χ2v) is 5.15. The lowest BCUT2D eigenvalue weighted by Crippen LogP contribution is -2.02. The lowest BCUT2D eigenvalue weighted by molar-refractivity contribution is -0.385. The Morgan fingerprint density at radius 2 is 1.90 bits per heavy atom. The maximum absolute atomic E-state index is 10.9. The van der Waals surface area contributed by atoms with E-state index in [0.29, 0.717) is 10.5 Å². The number of hydrogen-bond donors (Lipinski definition) is 1. The Hall–Kier alpha value is -2.34. The molecule has 0 saturated heterocycles. The predicted octanol–water partition coefficient (Wildman–Crippen LogP) is 3.37. The molecule has 0 amide bonds. The van der Waals surface area contributed by atoms with E-state index >= 15 is 0 Å². The molecule has 0 atom stereocenters. The first-order chi connectivity index (χ1) is 9.56. The maximum Gasteiger partial charge on any atom is 0.307 e. The normalized spacial score (nSPS) is 10.2. The van der Waals surface area contributed by atoms with Crippen LogP contribution in [0.3, 0.4) is 0 Å². The van der Waals surface area contributed by atoms with E-state index in [2.05, 4.69) is 0 Å². The zero-order valence-electron chi connectivity index (χ0n) is 10.4. The molecule has 5 nitrogen and oxygen atoms in total. The molecule has 0 aliphatic carbocycles. The van der Waals surface area contributed by atoms with E-state index in [1.54, 1.807) is 6.07 Å². The number of benzene rings is 2. The van der Waals surface area contributed by atoms with Crippen molar-refractivity contribution in [3.63, 3.8) is 0 Å². The van der Waals surface area contributed by atoms with Gasteiger partial charge in [-0.05, 0) is 23.8 Å². The number of carbonyl (C=O) groups is 1. The number of rotatable bonds is 5. The number of nitrogens with zero attached hydrogens (tertiary/aromatic N) is 1. The van der Waals surface area contributed by atoms with E-state index in [9.17, 15) is 14.9 Å². The minimum atomic E-state index is -1.01. The number of nitro benzene ring substituents is 1. The van der Waals surface area contributed by atoms with E-state index in [-0.39, 0.29) is 12.1 Å². The van der Waals surface area contributed by atoms with Crippen LogP contribution in [-0.4, -0.2) is 16.0 Å². The van der Waals surface area contributed by atoms with Crippen molar-refractivity contribution in [2.24, 2.45) is 0 Å². The number of hydrogen-bond acceptors (Lipinski definition) is 4. The monoisotopic (exact) mass is 289 g/mol. The van der Waals surface area contributed by atoms with Crippen LogP contribution in [0.15, 0.2) is 58.3 Å². The fraction of sp³-hybridized carbons (Fsp3) is 0.0714. The van der Waals surface area contributed by atoms with Crippen LogP contribution >= 0.6 is 11.8 Å². The third kappa shape index (κ3) is 3.58. The molecule has 0 unspecified atom stereocenters. The molecule has 20 heavy (non-hydrogen) atoms. The molecule has 2 aromatic carbocycles. The first-order valence-corrected chi connectivity index (χ1v) is 6.60. The Morgan fingerprint density at radius 3 is 2.50 bits per heavy atom. The highest BCUT2D eigenvalue weighted by Gasteiger charge is 2.14. The van der Waals surface area contributed by atoms with Crippen molar-refractivity contribution in [3.8, 4) is 0 Å². The van der Waals surface area contributed by atoms with E-state index in [0.717, 1.165) is 4.90 Å². The van der Waals surface area contributed by atoms with Crippen molar-refractivity contribution >= 4 is 23.4 Å². The Bertz CT molecular complexity index is 643. The molecule has 0 aliphatic heterocycles. The smallest absolute Gasteiger partial charge is 0.307 e. The van der Waals surface area contributed by atoms with Gasteiger partial charge in [-0.1, -0.05) is 30.0 Å². The van der Waals surface area contributed by atoms with Crippen LogP contribution in [0, 0.1) is 10.1 Å². The number of carboxylic acids is 1. The first-order valence-electron chi connectivity index (χ1n) is 5.78. The molecule has 0 aliphatic rings. The van der Waals surface area contributed by atoms with Crippen molar-refractivity contribution in [3.05, 3.63) is 64.2 Å². The molecule has 0 saturated carbocycles. The van der Waals surface area contributed by atoms with Crippen LogP contribution in [0.25, 0.3) is 0 Å². The van der Waals surface area contributed by atoms with Crippen molar-refractivity contribution in [1.29, 1.82) is 0 Å². The van der Waals surface area contributed by atoms with Crippen LogP contribution in [0.4, 0.5) is 5.69 Å². The lowest BCUT2D eigenvalue weighted by Gasteiger charge is -2.07. The summed E-state index contributed by atoms with van der Waals surface area (Å²) >= 11 is 1.39. The van der Waals surface area contributed by atoms with Gasteiger partial charge in [-0.25, -0.2) is 0 Å². The lowest BCUT2D eigenvalue weighted by atomic mass is 10.1. The van der Waals surface area contributed by atoms with Crippen LogP contribution < -0.4 is 0 Å². The topological polar surface area (TPSA) is 80.4 Å². The van der Waals surface area contributed by atoms with E-state index < -0.39 is 10.9 Å². The summed E-state index contributed by atoms with van der Waals surface area (Å²) in [6, 6.07) is 13.7. The van der Waals surface area contributed by atoms with Gasteiger partial charge in [-0.2, -0.15) is 0 Å². The quantitative estimate of drug-likeness (QED) is 0.674. The average Bonchev–Trinajstić information content (AvgIpc) is 2.41. The molecule has 6 heteroatoms.